The molecule has 0 fully saturated rings. The zero-order chi connectivity index (χ0) is 8.84. The van der Waals surface area contributed by atoms with Gasteiger partial charge in [0.2, 0.25) is 0 Å². The molecule has 0 amide bonds. The molecule has 0 aliphatic carbocycles. The molecular formula is C10H11NO2. The molecule has 2 aliphatic rings. The van der Waals surface area contributed by atoms with E-state index in [-0.39, 0.29) is 6.04 Å². The maximum atomic E-state index is 5.91. The predicted octanol–water partition coefficient (Wildman–Crippen LogP) is 1.01. The van der Waals surface area contributed by atoms with Gasteiger partial charge < -0.3 is 15.2 Å². The summed E-state index contributed by atoms with van der Waals surface area (Å²) in [5, 5.41) is 0. The van der Waals surface area contributed by atoms with Crippen LogP contribution in [0.5, 0.6) is 11.5 Å². The average molecular weight is 177 g/mol. The van der Waals surface area contributed by atoms with E-state index in [0.29, 0.717) is 6.61 Å². The first-order valence-electron chi connectivity index (χ1n) is 4.53. The van der Waals surface area contributed by atoms with Crippen LogP contribution in [0.2, 0.25) is 0 Å². The second kappa shape index (κ2) is 2.39. The van der Waals surface area contributed by atoms with E-state index < -0.39 is 0 Å². The summed E-state index contributed by atoms with van der Waals surface area (Å²) in [5.41, 5.74) is 8.24. The third-order valence-electron chi connectivity index (χ3n) is 2.64. The highest BCUT2D eigenvalue weighted by molar-refractivity contribution is 5.55. The molecule has 2 heterocycles. The van der Waals surface area contributed by atoms with Gasteiger partial charge in [0.25, 0.3) is 0 Å². The highest BCUT2D eigenvalue weighted by Gasteiger charge is 2.29. The maximum absolute atomic E-state index is 5.91. The standard InChI is InChI=1S/C10H11NO2/c11-7-5-13-8-2-1-6-3-4-12-10(6)9(7)8/h1-2,7H,3-5,11H2/t7-/m1/s1. The van der Waals surface area contributed by atoms with E-state index in [1.54, 1.807) is 0 Å². The first-order valence-corrected chi connectivity index (χ1v) is 4.53. The van der Waals surface area contributed by atoms with Crippen LogP contribution >= 0.6 is 0 Å². The van der Waals surface area contributed by atoms with Crippen molar-refractivity contribution in [3.8, 4) is 11.5 Å². The molecule has 0 bridgehead atoms. The molecule has 1 aromatic rings. The lowest BCUT2D eigenvalue weighted by molar-refractivity contribution is 0.332. The number of benzene rings is 1. The van der Waals surface area contributed by atoms with Crippen LogP contribution in [0, 0.1) is 0 Å². The van der Waals surface area contributed by atoms with Crippen molar-refractivity contribution >= 4 is 0 Å². The van der Waals surface area contributed by atoms with Crippen LogP contribution in [0.3, 0.4) is 0 Å². The molecule has 0 unspecified atom stereocenters. The van der Waals surface area contributed by atoms with E-state index in [1.807, 2.05) is 6.07 Å². The summed E-state index contributed by atoms with van der Waals surface area (Å²) in [5.74, 6) is 1.87. The van der Waals surface area contributed by atoms with E-state index in [4.69, 9.17) is 15.2 Å². The van der Waals surface area contributed by atoms with E-state index in [9.17, 15) is 0 Å². The lowest BCUT2D eigenvalue weighted by Gasteiger charge is -2.07. The van der Waals surface area contributed by atoms with Crippen molar-refractivity contribution in [1.29, 1.82) is 0 Å². The highest BCUT2D eigenvalue weighted by Crippen LogP contribution is 2.42. The van der Waals surface area contributed by atoms with Crippen molar-refractivity contribution in [3.05, 3.63) is 23.3 Å². The molecule has 2 aliphatic heterocycles. The molecule has 0 saturated carbocycles. The monoisotopic (exact) mass is 177 g/mol. The Hall–Kier alpha value is -1.22. The molecule has 1 aromatic carbocycles. The molecular weight excluding hydrogens is 166 g/mol. The van der Waals surface area contributed by atoms with E-state index in [0.717, 1.165) is 30.1 Å². The molecule has 0 saturated heterocycles. The van der Waals surface area contributed by atoms with Crippen molar-refractivity contribution in [2.24, 2.45) is 5.73 Å². The number of hydrogen-bond acceptors (Lipinski definition) is 3. The van der Waals surface area contributed by atoms with Crippen LogP contribution < -0.4 is 15.2 Å². The Balaban J connectivity index is 2.23. The van der Waals surface area contributed by atoms with E-state index in [1.165, 1.54) is 5.56 Å². The normalized spacial score (nSPS) is 23.3. The zero-order valence-electron chi connectivity index (χ0n) is 7.25. The zero-order valence-corrected chi connectivity index (χ0v) is 7.25. The quantitative estimate of drug-likeness (QED) is 0.643. The van der Waals surface area contributed by atoms with E-state index in [2.05, 4.69) is 6.07 Å². The fraction of sp³-hybridized carbons (Fsp3) is 0.400. The first-order chi connectivity index (χ1) is 6.36. The second-order valence-electron chi connectivity index (χ2n) is 3.48. The molecule has 3 rings (SSSR count). The lowest BCUT2D eigenvalue weighted by atomic mass is 10.0. The summed E-state index contributed by atoms with van der Waals surface area (Å²) in [6.07, 6.45) is 0.995. The fourth-order valence-electron chi connectivity index (χ4n) is 2.00. The van der Waals surface area contributed by atoms with Gasteiger partial charge in [0.05, 0.1) is 18.2 Å². The molecule has 0 aromatic heterocycles. The Morgan fingerprint density at radius 2 is 2.23 bits per heavy atom. The maximum Gasteiger partial charge on any atom is 0.131 e. The summed E-state index contributed by atoms with van der Waals surface area (Å²) in [7, 11) is 0. The van der Waals surface area contributed by atoms with Gasteiger partial charge in [-0.25, -0.2) is 0 Å². The lowest BCUT2D eigenvalue weighted by Crippen LogP contribution is -2.11. The predicted molar refractivity (Wildman–Crippen MR) is 48.1 cm³/mol. The summed E-state index contributed by atoms with van der Waals surface area (Å²) < 4.78 is 11.0. The fourth-order valence-corrected chi connectivity index (χ4v) is 2.00. The Morgan fingerprint density at radius 3 is 3.15 bits per heavy atom. The Kier molecular flexibility index (Phi) is 1.32. The van der Waals surface area contributed by atoms with E-state index >= 15 is 0 Å². The summed E-state index contributed by atoms with van der Waals surface area (Å²) in [6, 6.07) is 4.05. The van der Waals surface area contributed by atoms with Crippen LogP contribution in [-0.4, -0.2) is 13.2 Å². The molecule has 0 radical (unpaired) electrons. The van der Waals surface area contributed by atoms with Gasteiger partial charge in [-0.2, -0.15) is 0 Å². The van der Waals surface area contributed by atoms with Crippen LogP contribution in [-0.2, 0) is 6.42 Å². The van der Waals surface area contributed by atoms with Gasteiger partial charge in [-0.3, -0.25) is 0 Å². The summed E-state index contributed by atoms with van der Waals surface area (Å²) in [4.78, 5) is 0. The molecule has 3 nitrogen and oxygen atoms in total. The van der Waals surface area contributed by atoms with Gasteiger partial charge >= 0.3 is 0 Å². The van der Waals surface area contributed by atoms with Crippen molar-refractivity contribution in [2.75, 3.05) is 13.2 Å². The number of fused-ring (bicyclic) bond motifs is 3. The third-order valence-corrected chi connectivity index (χ3v) is 2.64. The van der Waals surface area contributed by atoms with Gasteiger partial charge in [0, 0.05) is 6.42 Å². The molecule has 2 N–H and O–H groups in total. The Morgan fingerprint density at radius 1 is 1.31 bits per heavy atom. The second-order valence-corrected chi connectivity index (χ2v) is 3.48. The van der Waals surface area contributed by atoms with Gasteiger partial charge in [-0.05, 0) is 11.6 Å². The van der Waals surface area contributed by atoms with Crippen molar-refractivity contribution in [3.63, 3.8) is 0 Å². The van der Waals surface area contributed by atoms with Crippen LogP contribution in [0.25, 0.3) is 0 Å². The minimum atomic E-state index is -0.0111. The van der Waals surface area contributed by atoms with Crippen molar-refractivity contribution < 1.29 is 9.47 Å². The summed E-state index contributed by atoms with van der Waals surface area (Å²) >= 11 is 0. The van der Waals surface area contributed by atoms with Crippen LogP contribution in [0.15, 0.2) is 12.1 Å². The molecule has 1 atom stereocenters. The van der Waals surface area contributed by atoms with Crippen molar-refractivity contribution in [2.45, 2.75) is 12.5 Å². The number of nitrogens with two attached hydrogens (primary N) is 1. The SMILES string of the molecule is N[C@@H]1COc2ccc3c(c21)OCC3. The van der Waals surface area contributed by atoms with Gasteiger partial charge in [0.1, 0.15) is 18.1 Å². The largest absolute Gasteiger partial charge is 0.492 e. The smallest absolute Gasteiger partial charge is 0.131 e. The molecule has 68 valence electrons. The van der Waals surface area contributed by atoms with Gasteiger partial charge in [-0.15, -0.1) is 0 Å². The molecule has 13 heavy (non-hydrogen) atoms. The topological polar surface area (TPSA) is 44.5 Å². The Bertz CT molecular complexity index is 362. The third kappa shape index (κ3) is 0.877. The van der Waals surface area contributed by atoms with Crippen LogP contribution in [0.4, 0.5) is 0 Å². The number of hydrogen-bond donors (Lipinski definition) is 1. The highest BCUT2D eigenvalue weighted by atomic mass is 16.5. The Labute approximate surface area is 76.4 Å². The van der Waals surface area contributed by atoms with Gasteiger partial charge in [0.15, 0.2) is 0 Å². The average Bonchev–Trinajstić information content (AvgIpc) is 2.70. The van der Waals surface area contributed by atoms with Gasteiger partial charge in [-0.1, -0.05) is 6.07 Å². The molecule has 3 heteroatoms. The minimum Gasteiger partial charge on any atom is -0.492 e. The molecule has 0 spiro atoms. The van der Waals surface area contributed by atoms with Crippen molar-refractivity contribution in [1.82, 2.24) is 0 Å². The van der Waals surface area contributed by atoms with Crippen LogP contribution in [0.1, 0.15) is 17.2 Å². The first kappa shape index (κ1) is 7.21. The summed E-state index contributed by atoms with van der Waals surface area (Å²) in [6.45, 7) is 1.35. The minimum absolute atomic E-state index is 0.0111. The number of rotatable bonds is 0. The number of ether oxygens (including phenoxy) is 2.